The highest BCUT2D eigenvalue weighted by molar-refractivity contribution is 8.76. The van der Waals surface area contributed by atoms with E-state index in [2.05, 4.69) is 73.3 Å². The predicted molar refractivity (Wildman–Crippen MR) is 115 cm³/mol. The van der Waals surface area contributed by atoms with E-state index >= 15 is 0 Å². The molecule has 0 saturated heterocycles. The average Bonchev–Trinajstić information content (AvgIpc) is 3.11. The maximum atomic E-state index is 4.53. The molecule has 24 heavy (non-hydrogen) atoms. The smallest absolute Gasteiger partial charge is 0.148 e. The molecular weight excluding hydrogens is 413 g/mol. The molecule has 0 radical (unpaired) electrons. The first-order chi connectivity index (χ1) is 11.5. The molecule has 0 aliphatic rings. The van der Waals surface area contributed by atoms with Crippen LogP contribution in [0.1, 0.15) is 11.1 Å². The summed E-state index contributed by atoms with van der Waals surface area (Å²) in [5.41, 5.74) is 4.54. The third kappa shape index (κ3) is 3.08. The number of rotatable bonds is 3. The normalized spacial score (nSPS) is 11.7. The summed E-state index contributed by atoms with van der Waals surface area (Å²) in [6.45, 7) is 4.25. The summed E-state index contributed by atoms with van der Waals surface area (Å²) in [7, 11) is 3.53. The van der Waals surface area contributed by atoms with Crippen LogP contribution in [0.2, 0.25) is 0 Å². The van der Waals surface area contributed by atoms with Crippen molar-refractivity contribution in [2.75, 3.05) is 0 Å². The van der Waals surface area contributed by atoms with Gasteiger partial charge in [0, 0.05) is 9.79 Å². The highest BCUT2D eigenvalue weighted by Gasteiger charge is 2.12. The second-order valence-electron chi connectivity index (χ2n) is 5.23. The summed E-state index contributed by atoms with van der Waals surface area (Å²) >= 11 is 12.0. The fourth-order valence-corrected chi connectivity index (χ4v) is 7.27. The monoisotopic (exact) mass is 424 g/mol. The van der Waals surface area contributed by atoms with Gasteiger partial charge in [-0.1, -0.05) is 21.6 Å². The predicted octanol–water partition coefficient (Wildman–Crippen LogP) is 6.90. The highest BCUT2D eigenvalue weighted by atomic mass is 33.1. The van der Waals surface area contributed by atoms with E-state index < -0.39 is 0 Å². The van der Waals surface area contributed by atoms with Crippen LogP contribution in [0.5, 0.6) is 0 Å². The van der Waals surface area contributed by atoms with Crippen LogP contribution >= 0.6 is 69.5 Å². The molecule has 2 nitrogen and oxygen atoms in total. The number of nitrogens with zero attached hydrogens (tertiary/aromatic N) is 2. The van der Waals surface area contributed by atoms with Crippen LogP contribution < -0.4 is 0 Å². The Labute approximate surface area is 166 Å². The maximum absolute atomic E-state index is 4.53. The van der Waals surface area contributed by atoms with Gasteiger partial charge in [-0.15, -0.1) is 47.9 Å². The SMILES string of the molecule is Cc1c(SSc2ccc3sc(S)nc3c2C)ccc2sc(S)nc12. The number of aromatic nitrogens is 2. The van der Waals surface area contributed by atoms with Gasteiger partial charge in [0.2, 0.25) is 0 Å². The minimum absolute atomic E-state index is 0.815. The minimum atomic E-state index is 0.815. The number of thiol groups is 2. The Kier molecular flexibility index (Phi) is 4.79. The molecule has 4 aromatic rings. The van der Waals surface area contributed by atoms with Crippen LogP contribution in [-0.4, -0.2) is 9.97 Å². The molecule has 0 amide bonds. The minimum Gasteiger partial charge on any atom is -0.230 e. The van der Waals surface area contributed by atoms with Crippen LogP contribution in [0, 0.1) is 13.8 Å². The fraction of sp³-hybridized carbons (Fsp3) is 0.125. The number of aryl methyl sites for hydroxylation is 2. The lowest BCUT2D eigenvalue weighted by atomic mass is 10.2. The van der Waals surface area contributed by atoms with E-state index in [1.807, 2.05) is 0 Å². The molecule has 0 unspecified atom stereocenters. The topological polar surface area (TPSA) is 25.8 Å². The molecule has 0 N–H and O–H groups in total. The average molecular weight is 425 g/mol. The molecule has 8 heteroatoms. The largest absolute Gasteiger partial charge is 0.230 e. The lowest BCUT2D eigenvalue weighted by molar-refractivity contribution is 1.25. The standard InChI is InChI=1S/C16H12N2S6/c1-7-9(3-5-11-13(7)17-15(19)21-11)23-24-10-4-6-12-14(8(10)2)18-16(20)22-12/h3-6H,1-2H3,(H,17,19)(H,18,20). The molecule has 0 bridgehead atoms. The van der Waals surface area contributed by atoms with Gasteiger partial charge in [-0.2, -0.15) is 0 Å². The Bertz CT molecular complexity index is 979. The Balaban J connectivity index is 1.65. The molecule has 2 heterocycles. The zero-order chi connectivity index (χ0) is 16.8. The molecule has 0 aliphatic heterocycles. The van der Waals surface area contributed by atoms with Gasteiger partial charge in [0.15, 0.2) is 0 Å². The van der Waals surface area contributed by atoms with Crippen molar-refractivity contribution in [3.8, 4) is 0 Å². The van der Waals surface area contributed by atoms with Crippen molar-refractivity contribution in [2.45, 2.75) is 32.3 Å². The van der Waals surface area contributed by atoms with Gasteiger partial charge in [0.25, 0.3) is 0 Å². The molecule has 4 rings (SSSR count). The van der Waals surface area contributed by atoms with Gasteiger partial charge >= 0.3 is 0 Å². The highest BCUT2D eigenvalue weighted by Crippen LogP contribution is 2.44. The summed E-state index contributed by atoms with van der Waals surface area (Å²) in [4.78, 5) is 11.5. The summed E-state index contributed by atoms with van der Waals surface area (Å²) < 4.78 is 4.01. The second-order valence-corrected chi connectivity index (χ2v) is 11.0. The van der Waals surface area contributed by atoms with Crippen molar-refractivity contribution in [1.29, 1.82) is 0 Å². The van der Waals surface area contributed by atoms with Crippen molar-refractivity contribution >= 4 is 90.0 Å². The van der Waals surface area contributed by atoms with E-state index in [9.17, 15) is 0 Å². The third-order valence-corrected chi connectivity index (χ3v) is 8.78. The zero-order valence-corrected chi connectivity index (χ0v) is 17.8. The molecule has 2 aromatic carbocycles. The first kappa shape index (κ1) is 17.1. The maximum Gasteiger partial charge on any atom is 0.148 e. The summed E-state index contributed by atoms with van der Waals surface area (Å²) in [6, 6.07) is 8.60. The van der Waals surface area contributed by atoms with Gasteiger partial charge in [0.1, 0.15) is 8.68 Å². The van der Waals surface area contributed by atoms with Gasteiger partial charge in [-0.3, -0.25) is 0 Å². The molecule has 0 saturated carbocycles. The van der Waals surface area contributed by atoms with Crippen molar-refractivity contribution < 1.29 is 0 Å². The van der Waals surface area contributed by atoms with Gasteiger partial charge in [-0.05, 0) is 49.2 Å². The van der Waals surface area contributed by atoms with Crippen LogP contribution in [0.3, 0.4) is 0 Å². The van der Waals surface area contributed by atoms with E-state index in [0.717, 1.165) is 19.7 Å². The second kappa shape index (κ2) is 6.74. The van der Waals surface area contributed by atoms with E-state index in [-0.39, 0.29) is 0 Å². The number of hydrogen-bond acceptors (Lipinski definition) is 8. The first-order valence-electron chi connectivity index (χ1n) is 7.05. The van der Waals surface area contributed by atoms with E-state index in [1.54, 1.807) is 44.3 Å². The van der Waals surface area contributed by atoms with E-state index in [1.165, 1.54) is 30.3 Å². The zero-order valence-electron chi connectivity index (χ0n) is 12.7. The van der Waals surface area contributed by atoms with Gasteiger partial charge in [0.05, 0.1) is 20.4 Å². The van der Waals surface area contributed by atoms with Crippen LogP contribution in [0.4, 0.5) is 0 Å². The Hall–Kier alpha value is -0.380. The number of hydrogen-bond donors (Lipinski definition) is 2. The van der Waals surface area contributed by atoms with E-state index in [4.69, 9.17) is 0 Å². The summed E-state index contributed by atoms with van der Waals surface area (Å²) in [5, 5.41) is 0. The van der Waals surface area contributed by atoms with Crippen molar-refractivity contribution in [2.24, 2.45) is 0 Å². The molecule has 2 aromatic heterocycles. The summed E-state index contributed by atoms with van der Waals surface area (Å²) in [6.07, 6.45) is 0. The lowest BCUT2D eigenvalue weighted by Gasteiger charge is -2.08. The first-order valence-corrected chi connectivity index (χ1v) is 11.7. The Morgan fingerprint density at radius 2 is 1.17 bits per heavy atom. The van der Waals surface area contributed by atoms with Crippen molar-refractivity contribution in [3.05, 3.63) is 35.4 Å². The Morgan fingerprint density at radius 3 is 1.58 bits per heavy atom. The van der Waals surface area contributed by atoms with Crippen LogP contribution in [-0.2, 0) is 0 Å². The van der Waals surface area contributed by atoms with Gasteiger partial charge < -0.3 is 0 Å². The number of benzene rings is 2. The lowest BCUT2D eigenvalue weighted by Crippen LogP contribution is -1.83. The van der Waals surface area contributed by atoms with Crippen LogP contribution in [0.15, 0.2) is 42.7 Å². The molecule has 0 aliphatic carbocycles. The van der Waals surface area contributed by atoms with Crippen molar-refractivity contribution in [1.82, 2.24) is 9.97 Å². The molecular formula is C16H12N2S6. The fourth-order valence-electron chi connectivity index (χ4n) is 2.46. The molecule has 0 spiro atoms. The Morgan fingerprint density at radius 1 is 0.750 bits per heavy atom. The van der Waals surface area contributed by atoms with Gasteiger partial charge in [-0.25, -0.2) is 9.97 Å². The molecule has 122 valence electrons. The third-order valence-electron chi connectivity index (χ3n) is 3.73. The van der Waals surface area contributed by atoms with Crippen molar-refractivity contribution in [3.63, 3.8) is 0 Å². The molecule has 0 atom stereocenters. The number of thiazole rings is 2. The quantitative estimate of drug-likeness (QED) is 0.276. The summed E-state index contributed by atoms with van der Waals surface area (Å²) in [5.74, 6) is 0. The molecule has 0 fully saturated rings. The van der Waals surface area contributed by atoms with Crippen LogP contribution in [0.25, 0.3) is 20.4 Å². The number of fused-ring (bicyclic) bond motifs is 2. The van der Waals surface area contributed by atoms with E-state index in [0.29, 0.717) is 0 Å².